The van der Waals surface area contributed by atoms with Crippen LogP contribution in [0.15, 0.2) is 46.1 Å². The highest BCUT2D eigenvalue weighted by molar-refractivity contribution is 5.78. The first-order valence-electron chi connectivity index (χ1n) is 8.07. The molecular formula is C18H18N4O5. The number of aromatic nitrogens is 3. The predicted molar refractivity (Wildman–Crippen MR) is 98.4 cm³/mol. The molecule has 2 heterocycles. The number of benzene rings is 1. The molecule has 1 atom stereocenters. The Morgan fingerprint density at radius 3 is 2.56 bits per heavy atom. The van der Waals surface area contributed by atoms with Crippen LogP contribution in [0, 0.1) is 0 Å². The molecule has 3 rings (SSSR count). The SMILES string of the molecule is COc1cc2c(=O)n(-c3ccc(C[C@H](N)C(=O)O)cc3)c(=O)n(C)c2cn1. The molecule has 0 saturated carbocycles. The zero-order chi connectivity index (χ0) is 19.7. The monoisotopic (exact) mass is 370 g/mol. The van der Waals surface area contributed by atoms with E-state index in [4.69, 9.17) is 15.6 Å². The molecule has 0 spiro atoms. The molecule has 0 aliphatic rings. The van der Waals surface area contributed by atoms with Crippen molar-refractivity contribution in [2.24, 2.45) is 12.8 Å². The second kappa shape index (κ2) is 7.04. The van der Waals surface area contributed by atoms with Gasteiger partial charge in [0.1, 0.15) is 6.04 Å². The molecule has 0 radical (unpaired) electrons. The largest absolute Gasteiger partial charge is 0.481 e. The van der Waals surface area contributed by atoms with Gasteiger partial charge in [-0.1, -0.05) is 12.1 Å². The Morgan fingerprint density at radius 2 is 1.96 bits per heavy atom. The summed E-state index contributed by atoms with van der Waals surface area (Å²) in [5, 5.41) is 9.19. The number of aliphatic carboxylic acids is 1. The predicted octanol–water partition coefficient (Wildman–Crippen LogP) is 0.0474. The van der Waals surface area contributed by atoms with E-state index < -0.39 is 23.3 Å². The lowest BCUT2D eigenvalue weighted by molar-refractivity contribution is -0.138. The summed E-state index contributed by atoms with van der Waals surface area (Å²) in [6.07, 6.45) is 1.56. The average molecular weight is 370 g/mol. The minimum Gasteiger partial charge on any atom is -0.481 e. The number of carboxylic acids is 1. The number of carbonyl (C=O) groups is 1. The molecule has 27 heavy (non-hydrogen) atoms. The third-order valence-corrected chi connectivity index (χ3v) is 4.31. The van der Waals surface area contributed by atoms with Crippen LogP contribution in [0.5, 0.6) is 5.88 Å². The van der Waals surface area contributed by atoms with Gasteiger partial charge in [-0.15, -0.1) is 0 Å². The van der Waals surface area contributed by atoms with E-state index >= 15 is 0 Å². The second-order valence-corrected chi connectivity index (χ2v) is 6.04. The molecule has 9 heteroatoms. The van der Waals surface area contributed by atoms with Gasteiger partial charge in [0.15, 0.2) is 0 Å². The molecule has 140 valence electrons. The number of carboxylic acid groups (broad SMARTS) is 1. The van der Waals surface area contributed by atoms with E-state index in [2.05, 4.69) is 4.98 Å². The topological polar surface area (TPSA) is 129 Å². The van der Waals surface area contributed by atoms with Gasteiger partial charge in [0.25, 0.3) is 5.56 Å². The first-order chi connectivity index (χ1) is 12.8. The molecule has 0 aliphatic carbocycles. The molecule has 0 saturated heterocycles. The van der Waals surface area contributed by atoms with E-state index in [1.165, 1.54) is 23.9 Å². The van der Waals surface area contributed by atoms with Crippen LogP contribution in [-0.2, 0) is 18.3 Å². The van der Waals surface area contributed by atoms with Gasteiger partial charge < -0.3 is 15.6 Å². The highest BCUT2D eigenvalue weighted by Gasteiger charge is 2.15. The maximum absolute atomic E-state index is 12.9. The average Bonchev–Trinajstić information content (AvgIpc) is 2.67. The summed E-state index contributed by atoms with van der Waals surface area (Å²) in [5.74, 6) is -0.830. The van der Waals surface area contributed by atoms with Gasteiger partial charge >= 0.3 is 11.7 Å². The van der Waals surface area contributed by atoms with E-state index in [0.717, 1.165) is 4.57 Å². The van der Waals surface area contributed by atoms with Crippen LogP contribution in [0.3, 0.4) is 0 Å². The zero-order valence-electron chi connectivity index (χ0n) is 14.7. The number of rotatable bonds is 5. The summed E-state index contributed by atoms with van der Waals surface area (Å²) in [4.78, 5) is 40.5. The number of fused-ring (bicyclic) bond motifs is 1. The number of hydrogen-bond acceptors (Lipinski definition) is 6. The fourth-order valence-corrected chi connectivity index (χ4v) is 2.79. The number of aryl methyl sites for hydroxylation is 1. The van der Waals surface area contributed by atoms with Gasteiger partial charge in [0.05, 0.1) is 29.9 Å². The lowest BCUT2D eigenvalue weighted by Crippen LogP contribution is -2.38. The van der Waals surface area contributed by atoms with E-state index in [9.17, 15) is 14.4 Å². The maximum Gasteiger partial charge on any atom is 0.335 e. The third-order valence-electron chi connectivity index (χ3n) is 4.31. The van der Waals surface area contributed by atoms with Crippen molar-refractivity contribution in [3.8, 4) is 11.6 Å². The van der Waals surface area contributed by atoms with Gasteiger partial charge in [0.2, 0.25) is 5.88 Å². The first kappa shape index (κ1) is 18.3. The Hall–Kier alpha value is -3.46. The molecule has 0 unspecified atom stereocenters. The minimum atomic E-state index is -1.10. The van der Waals surface area contributed by atoms with Gasteiger partial charge in [0, 0.05) is 13.1 Å². The number of ether oxygens (including phenoxy) is 1. The Bertz CT molecular complexity index is 1130. The lowest BCUT2D eigenvalue weighted by atomic mass is 10.1. The van der Waals surface area contributed by atoms with Crippen LogP contribution in [0.4, 0.5) is 0 Å². The van der Waals surface area contributed by atoms with Crippen molar-refractivity contribution in [2.75, 3.05) is 7.11 Å². The van der Waals surface area contributed by atoms with Crippen LogP contribution in [0.1, 0.15) is 5.56 Å². The molecule has 0 amide bonds. The summed E-state index contributed by atoms with van der Waals surface area (Å²) in [5.41, 5.74) is 5.96. The van der Waals surface area contributed by atoms with E-state index in [1.54, 1.807) is 31.3 Å². The zero-order valence-corrected chi connectivity index (χ0v) is 14.7. The van der Waals surface area contributed by atoms with Crippen molar-refractivity contribution in [2.45, 2.75) is 12.5 Å². The van der Waals surface area contributed by atoms with Crippen molar-refractivity contribution in [1.29, 1.82) is 0 Å². The van der Waals surface area contributed by atoms with Crippen molar-refractivity contribution in [1.82, 2.24) is 14.1 Å². The van der Waals surface area contributed by atoms with Gasteiger partial charge in [-0.25, -0.2) is 14.3 Å². The Morgan fingerprint density at radius 1 is 1.30 bits per heavy atom. The van der Waals surface area contributed by atoms with Crippen LogP contribution in [0.25, 0.3) is 16.6 Å². The standard InChI is InChI=1S/C18H18N4O5/c1-21-14-9-20-15(27-2)8-12(14)16(23)22(18(21)26)11-5-3-10(4-6-11)7-13(19)17(24)25/h3-6,8-9,13H,7,19H2,1-2H3,(H,24,25)/t13-/m0/s1. The Kier molecular flexibility index (Phi) is 4.78. The number of pyridine rings is 1. The summed E-state index contributed by atoms with van der Waals surface area (Å²) >= 11 is 0. The molecule has 3 N–H and O–H groups in total. The van der Waals surface area contributed by atoms with Crippen molar-refractivity contribution in [3.63, 3.8) is 0 Å². The second-order valence-electron chi connectivity index (χ2n) is 6.04. The van der Waals surface area contributed by atoms with Crippen LogP contribution in [0.2, 0.25) is 0 Å². The van der Waals surface area contributed by atoms with Gasteiger partial charge in [-0.2, -0.15) is 0 Å². The van der Waals surface area contributed by atoms with Gasteiger partial charge in [-0.05, 0) is 24.1 Å². The van der Waals surface area contributed by atoms with Crippen molar-refractivity contribution >= 4 is 16.9 Å². The van der Waals surface area contributed by atoms with Crippen molar-refractivity contribution < 1.29 is 14.6 Å². The highest BCUT2D eigenvalue weighted by Crippen LogP contribution is 2.14. The molecule has 2 aromatic heterocycles. The number of nitrogens with two attached hydrogens (primary N) is 1. The normalized spacial score (nSPS) is 12.1. The summed E-state index contributed by atoms with van der Waals surface area (Å²) < 4.78 is 7.43. The Balaban J connectivity index is 2.12. The summed E-state index contributed by atoms with van der Waals surface area (Å²) in [6.45, 7) is 0. The highest BCUT2D eigenvalue weighted by atomic mass is 16.5. The van der Waals surface area contributed by atoms with Gasteiger partial charge in [-0.3, -0.25) is 14.2 Å². The molecule has 0 bridgehead atoms. The molecular weight excluding hydrogens is 352 g/mol. The fourth-order valence-electron chi connectivity index (χ4n) is 2.79. The minimum absolute atomic E-state index is 0.142. The number of hydrogen-bond donors (Lipinski definition) is 2. The van der Waals surface area contributed by atoms with Crippen LogP contribution >= 0.6 is 0 Å². The fraction of sp³-hybridized carbons (Fsp3) is 0.222. The molecule has 9 nitrogen and oxygen atoms in total. The summed E-state index contributed by atoms with van der Waals surface area (Å²) in [6, 6.07) is 6.90. The molecule has 3 aromatic rings. The number of nitrogens with zero attached hydrogens (tertiary/aromatic N) is 3. The third kappa shape index (κ3) is 3.32. The molecule has 1 aromatic carbocycles. The van der Waals surface area contributed by atoms with Crippen LogP contribution < -0.4 is 21.7 Å². The van der Waals surface area contributed by atoms with E-state index in [1.807, 2.05) is 0 Å². The quantitative estimate of drug-likeness (QED) is 0.649. The first-order valence-corrected chi connectivity index (χ1v) is 8.07. The van der Waals surface area contributed by atoms with E-state index in [0.29, 0.717) is 22.2 Å². The summed E-state index contributed by atoms with van der Waals surface area (Å²) in [7, 11) is 2.99. The van der Waals surface area contributed by atoms with Crippen LogP contribution in [-0.4, -0.2) is 38.3 Å². The molecule has 0 fully saturated rings. The molecule has 0 aliphatic heterocycles. The number of methoxy groups -OCH3 is 1. The maximum atomic E-state index is 12.9. The lowest BCUT2D eigenvalue weighted by Gasteiger charge is -2.12. The van der Waals surface area contributed by atoms with E-state index in [-0.39, 0.29) is 12.3 Å². The Labute approximate surface area is 153 Å². The van der Waals surface area contributed by atoms with Crippen molar-refractivity contribution in [3.05, 3.63) is 62.9 Å². The smallest absolute Gasteiger partial charge is 0.335 e.